The molecule has 1 aliphatic heterocycles. The Hall–Kier alpha value is -3.40. The predicted molar refractivity (Wildman–Crippen MR) is 146 cm³/mol. The number of esters is 1. The molecule has 1 atom stereocenters. The molecule has 1 aromatic heterocycles. The van der Waals surface area contributed by atoms with Gasteiger partial charge in [0.2, 0.25) is 0 Å². The van der Waals surface area contributed by atoms with E-state index in [1.165, 1.54) is 12.1 Å². The number of halogens is 2. The Morgan fingerprint density at radius 1 is 1.13 bits per heavy atom. The van der Waals surface area contributed by atoms with Crippen LogP contribution >= 0.6 is 34.5 Å². The van der Waals surface area contributed by atoms with Gasteiger partial charge in [0.05, 0.1) is 40.6 Å². The highest BCUT2D eigenvalue weighted by Gasteiger charge is 2.48. The molecule has 198 valence electrons. The first-order valence-electron chi connectivity index (χ1n) is 11.8. The Morgan fingerprint density at radius 2 is 1.89 bits per heavy atom. The van der Waals surface area contributed by atoms with Crippen molar-refractivity contribution in [1.82, 2.24) is 4.98 Å². The third kappa shape index (κ3) is 5.27. The first-order chi connectivity index (χ1) is 18.2. The number of aromatic nitrogens is 1. The zero-order chi connectivity index (χ0) is 27.6. The molecule has 2 heterocycles. The molecule has 1 aliphatic rings. The van der Waals surface area contributed by atoms with E-state index in [0.717, 1.165) is 22.7 Å². The Kier molecular flexibility index (Phi) is 8.40. The van der Waals surface area contributed by atoms with Crippen LogP contribution < -0.4 is 9.64 Å². The van der Waals surface area contributed by atoms with Crippen molar-refractivity contribution >= 4 is 63.1 Å². The van der Waals surface area contributed by atoms with Gasteiger partial charge in [-0.05, 0) is 50.1 Å². The number of anilines is 1. The van der Waals surface area contributed by atoms with Gasteiger partial charge < -0.3 is 14.6 Å². The van der Waals surface area contributed by atoms with Crippen molar-refractivity contribution in [3.63, 3.8) is 0 Å². The fraction of sp³-hybridized carbons (Fsp3) is 0.259. The fourth-order valence-corrected chi connectivity index (χ4v) is 5.30. The summed E-state index contributed by atoms with van der Waals surface area (Å²) >= 11 is 13.3. The summed E-state index contributed by atoms with van der Waals surface area (Å²) in [6.45, 7) is 5.90. The van der Waals surface area contributed by atoms with Gasteiger partial charge in [-0.3, -0.25) is 14.5 Å². The van der Waals surface area contributed by atoms with Crippen LogP contribution in [0.3, 0.4) is 0 Å². The van der Waals surface area contributed by atoms with Crippen molar-refractivity contribution in [1.29, 1.82) is 0 Å². The third-order valence-electron chi connectivity index (χ3n) is 5.74. The second-order valence-electron chi connectivity index (χ2n) is 8.35. The number of benzene rings is 2. The average molecular weight is 575 g/mol. The first-order valence-corrected chi connectivity index (χ1v) is 13.4. The number of ether oxygens (including phenoxy) is 2. The molecule has 4 rings (SSSR count). The number of aryl methyl sites for hydroxylation is 1. The normalized spacial score (nSPS) is 16.7. The topological polar surface area (TPSA) is 106 Å². The average Bonchev–Trinajstić information content (AvgIpc) is 3.41. The number of aliphatic hydroxyl groups is 1. The monoisotopic (exact) mass is 574 g/mol. The van der Waals surface area contributed by atoms with E-state index in [0.29, 0.717) is 29.2 Å². The molecule has 1 unspecified atom stereocenters. The van der Waals surface area contributed by atoms with Crippen LogP contribution in [0, 0.1) is 6.92 Å². The molecule has 11 heteroatoms. The number of hydrogen-bond acceptors (Lipinski definition) is 8. The lowest BCUT2D eigenvalue weighted by molar-refractivity contribution is -0.132. The van der Waals surface area contributed by atoms with Crippen LogP contribution in [0.25, 0.3) is 5.76 Å². The Bertz CT molecular complexity index is 1450. The smallest absolute Gasteiger partial charge is 0.350 e. The quantitative estimate of drug-likeness (QED) is 0.144. The van der Waals surface area contributed by atoms with E-state index in [-0.39, 0.29) is 38.0 Å². The summed E-state index contributed by atoms with van der Waals surface area (Å²) in [5.41, 5.74) is 0.902. The molecule has 1 N–H and O–H groups in total. The Morgan fingerprint density at radius 3 is 2.58 bits per heavy atom. The van der Waals surface area contributed by atoms with Gasteiger partial charge in [-0.25, -0.2) is 9.78 Å². The third-order valence-corrected chi connectivity index (χ3v) is 7.61. The summed E-state index contributed by atoms with van der Waals surface area (Å²) in [5.74, 6) is -2.29. The summed E-state index contributed by atoms with van der Waals surface area (Å²) < 4.78 is 10.8. The molecule has 1 fully saturated rings. The molecule has 38 heavy (non-hydrogen) atoms. The maximum atomic E-state index is 13.4. The van der Waals surface area contributed by atoms with Crippen molar-refractivity contribution in [2.75, 3.05) is 18.1 Å². The summed E-state index contributed by atoms with van der Waals surface area (Å²) in [7, 11) is 0. The minimum Gasteiger partial charge on any atom is -0.507 e. The molecule has 0 spiro atoms. The summed E-state index contributed by atoms with van der Waals surface area (Å²) in [6, 6.07) is 10.2. The second kappa shape index (κ2) is 11.6. The number of carbonyl (C=O) groups is 3. The lowest BCUT2D eigenvalue weighted by Crippen LogP contribution is -2.29. The van der Waals surface area contributed by atoms with E-state index in [9.17, 15) is 19.5 Å². The van der Waals surface area contributed by atoms with Gasteiger partial charge in [-0.1, -0.05) is 59.7 Å². The second-order valence-corrected chi connectivity index (χ2v) is 10.1. The molecule has 0 aliphatic carbocycles. The van der Waals surface area contributed by atoms with Gasteiger partial charge in [0.25, 0.3) is 5.78 Å². The fourth-order valence-electron chi connectivity index (χ4n) is 4.01. The van der Waals surface area contributed by atoms with E-state index < -0.39 is 23.7 Å². The van der Waals surface area contributed by atoms with E-state index in [4.69, 9.17) is 32.7 Å². The van der Waals surface area contributed by atoms with Gasteiger partial charge in [0.1, 0.15) is 16.4 Å². The maximum Gasteiger partial charge on any atom is 0.350 e. The molecule has 2 aromatic carbocycles. The van der Waals surface area contributed by atoms with Crippen LogP contribution in [-0.2, 0) is 14.3 Å². The van der Waals surface area contributed by atoms with Crippen LogP contribution in [0.1, 0.15) is 52.8 Å². The molecule has 8 nitrogen and oxygen atoms in total. The van der Waals surface area contributed by atoms with Crippen molar-refractivity contribution in [2.24, 2.45) is 0 Å². The lowest BCUT2D eigenvalue weighted by Gasteiger charge is -2.23. The van der Waals surface area contributed by atoms with Gasteiger partial charge in [0, 0.05) is 5.56 Å². The van der Waals surface area contributed by atoms with E-state index >= 15 is 0 Å². The van der Waals surface area contributed by atoms with Crippen LogP contribution in [0.5, 0.6) is 5.75 Å². The van der Waals surface area contributed by atoms with Gasteiger partial charge in [-0.15, -0.1) is 0 Å². The highest BCUT2D eigenvalue weighted by molar-refractivity contribution is 7.17. The number of Topliss-reactive ketones (excluding diaryl/α,β-unsaturated/α-hetero) is 1. The molecular weight excluding hydrogens is 551 g/mol. The standard InChI is InChI=1S/C27H24Cl2N2O6S/c1-4-11-37-17-8-6-7-16(12-17)22(32)20-21(15-9-10-18(28)19(29)13-15)31(25(34)23(20)33)27-30-14(3)24(38-27)26(35)36-5-2/h6-10,12-13,21,32H,4-5,11H2,1-3H3/b22-20+. The Labute approximate surface area is 233 Å². The summed E-state index contributed by atoms with van der Waals surface area (Å²) in [6.07, 6.45) is 0.791. The SMILES string of the molecule is CCCOc1cccc(/C(O)=C2\C(=O)C(=O)N(c3nc(C)c(C(=O)OCC)s3)C2c2ccc(Cl)c(Cl)c2)c1. The number of rotatable bonds is 8. The number of hydrogen-bond donors (Lipinski definition) is 1. The zero-order valence-electron chi connectivity index (χ0n) is 20.8. The number of amides is 1. The van der Waals surface area contributed by atoms with Crippen molar-refractivity contribution < 1.29 is 29.0 Å². The number of aliphatic hydroxyl groups excluding tert-OH is 1. The van der Waals surface area contributed by atoms with Gasteiger partial charge in [-0.2, -0.15) is 0 Å². The van der Waals surface area contributed by atoms with Crippen molar-refractivity contribution in [3.05, 3.63) is 79.8 Å². The highest BCUT2D eigenvalue weighted by Crippen LogP contribution is 2.45. The minimum absolute atomic E-state index is 0.0998. The van der Waals surface area contributed by atoms with Gasteiger partial charge >= 0.3 is 11.9 Å². The van der Waals surface area contributed by atoms with E-state index in [1.54, 1.807) is 44.2 Å². The molecular formula is C27H24Cl2N2O6S. The first kappa shape index (κ1) is 27.6. The van der Waals surface area contributed by atoms with Crippen LogP contribution in [0.15, 0.2) is 48.0 Å². The lowest BCUT2D eigenvalue weighted by atomic mass is 9.95. The molecule has 0 bridgehead atoms. The minimum atomic E-state index is -1.09. The largest absolute Gasteiger partial charge is 0.507 e. The summed E-state index contributed by atoms with van der Waals surface area (Å²) in [4.78, 5) is 45.0. The zero-order valence-corrected chi connectivity index (χ0v) is 23.1. The number of nitrogens with zero attached hydrogens (tertiary/aromatic N) is 2. The van der Waals surface area contributed by atoms with Crippen LogP contribution in [0.2, 0.25) is 10.0 Å². The molecule has 0 radical (unpaired) electrons. The van der Waals surface area contributed by atoms with Crippen LogP contribution in [-0.4, -0.2) is 41.0 Å². The number of carbonyl (C=O) groups excluding carboxylic acids is 3. The van der Waals surface area contributed by atoms with Crippen molar-refractivity contribution in [3.8, 4) is 5.75 Å². The number of ketones is 1. The molecule has 1 saturated heterocycles. The van der Waals surface area contributed by atoms with Gasteiger partial charge in [0.15, 0.2) is 5.13 Å². The number of thiazole rings is 1. The molecule has 1 amide bonds. The maximum absolute atomic E-state index is 13.4. The Balaban J connectivity index is 1.90. The highest BCUT2D eigenvalue weighted by atomic mass is 35.5. The van der Waals surface area contributed by atoms with Crippen LogP contribution in [0.4, 0.5) is 5.13 Å². The van der Waals surface area contributed by atoms with Crippen molar-refractivity contribution in [2.45, 2.75) is 33.2 Å². The van der Waals surface area contributed by atoms with E-state index in [1.807, 2.05) is 6.92 Å². The predicted octanol–water partition coefficient (Wildman–Crippen LogP) is 6.35. The summed E-state index contributed by atoms with van der Waals surface area (Å²) in [5, 5.41) is 12.0. The molecule has 3 aromatic rings. The van der Waals surface area contributed by atoms with E-state index in [2.05, 4.69) is 4.98 Å². The molecule has 0 saturated carbocycles.